The number of carbonyl (C=O) groups excluding carboxylic acids is 2. The van der Waals surface area contributed by atoms with E-state index in [1.165, 1.54) is 5.56 Å². The molecule has 0 saturated carbocycles. The van der Waals surface area contributed by atoms with Crippen molar-refractivity contribution < 1.29 is 19.4 Å². The summed E-state index contributed by atoms with van der Waals surface area (Å²) in [5.74, 6) is -0.911. The zero-order valence-electron chi connectivity index (χ0n) is 26.8. The number of benzene rings is 3. The lowest BCUT2D eigenvalue weighted by molar-refractivity contribution is -0.141. The third-order valence-electron chi connectivity index (χ3n) is 9.65. The summed E-state index contributed by atoms with van der Waals surface area (Å²) >= 11 is 0. The first-order valence-corrected chi connectivity index (χ1v) is 15.5. The van der Waals surface area contributed by atoms with Crippen LogP contribution in [0.1, 0.15) is 112 Å². The van der Waals surface area contributed by atoms with Crippen LogP contribution in [-0.2, 0) is 21.2 Å². The minimum atomic E-state index is -1.96. The molecule has 2 unspecified atom stereocenters. The van der Waals surface area contributed by atoms with Crippen LogP contribution in [0, 0.1) is 5.92 Å². The topological polar surface area (TPSA) is 89.6 Å². The van der Waals surface area contributed by atoms with E-state index < -0.39 is 17.4 Å². The molecular formula is C38H47NO4. The van der Waals surface area contributed by atoms with Crippen LogP contribution < -0.4 is 10.5 Å². The zero-order valence-corrected chi connectivity index (χ0v) is 26.8. The van der Waals surface area contributed by atoms with Gasteiger partial charge in [-0.1, -0.05) is 116 Å². The van der Waals surface area contributed by atoms with E-state index in [2.05, 4.69) is 53.7 Å². The van der Waals surface area contributed by atoms with Crippen molar-refractivity contribution in [2.75, 3.05) is 6.61 Å². The number of carbonyl (C=O) groups is 2. The Morgan fingerprint density at radius 3 is 2.19 bits per heavy atom. The summed E-state index contributed by atoms with van der Waals surface area (Å²) in [6, 6.07) is 21.2. The second-order valence-corrected chi connectivity index (χ2v) is 13.1. The maximum atomic E-state index is 13.5. The fraction of sp³-hybridized carbons (Fsp3) is 0.421. The number of rotatable bonds is 12. The van der Waals surface area contributed by atoms with E-state index in [-0.39, 0.29) is 23.2 Å². The molecule has 0 bridgehead atoms. The van der Waals surface area contributed by atoms with Gasteiger partial charge in [0.05, 0.1) is 0 Å². The van der Waals surface area contributed by atoms with Crippen molar-refractivity contribution in [1.29, 1.82) is 0 Å². The third kappa shape index (κ3) is 6.19. The number of aliphatic hydroxyl groups is 1. The number of hydrogen-bond acceptors (Lipinski definition) is 4. The van der Waals surface area contributed by atoms with Crippen LogP contribution in [0.3, 0.4) is 0 Å². The van der Waals surface area contributed by atoms with Gasteiger partial charge in [-0.15, -0.1) is 0 Å². The molecule has 0 spiro atoms. The highest BCUT2D eigenvalue weighted by atomic mass is 16.5. The average molecular weight is 582 g/mol. The largest absolute Gasteiger partial charge is 0.485 e. The summed E-state index contributed by atoms with van der Waals surface area (Å²) in [7, 11) is 0. The summed E-state index contributed by atoms with van der Waals surface area (Å²) in [4.78, 5) is 26.6. The Balaban J connectivity index is 1.70. The molecule has 0 saturated heterocycles. The second-order valence-electron chi connectivity index (χ2n) is 13.1. The molecule has 1 aliphatic rings. The summed E-state index contributed by atoms with van der Waals surface area (Å²) in [6.07, 6.45) is 5.24. The van der Waals surface area contributed by atoms with Crippen LogP contribution in [-0.4, -0.2) is 23.4 Å². The SMILES string of the molecule is CCCC1C(c2ccccc2)=Cc2ccc(C(=O)COc3ccc(C(C)(C)CC)cc3C(C)(C)CC)cc2C1(O)C(N)=O. The molecule has 1 aliphatic carbocycles. The van der Waals surface area contributed by atoms with Crippen molar-refractivity contribution in [3.63, 3.8) is 0 Å². The van der Waals surface area contributed by atoms with Crippen LogP contribution in [0.15, 0.2) is 66.7 Å². The Labute approximate surface area is 257 Å². The third-order valence-corrected chi connectivity index (χ3v) is 9.65. The standard InChI is InChI=1S/C38H47NO4/c1-8-14-30-29(25-15-12-11-13-16-25)21-26-17-18-27(22-31(26)38(30,42)35(39)41)33(40)24-43-34-20-19-28(36(4,5)9-2)23-32(34)37(6,7)10-3/h11-13,15-23,30,42H,8-10,14,24H2,1-7H3,(H2,39,41). The van der Waals surface area contributed by atoms with Gasteiger partial charge in [-0.3, -0.25) is 9.59 Å². The van der Waals surface area contributed by atoms with Crippen molar-refractivity contribution in [3.05, 3.63) is 100 Å². The Hall–Kier alpha value is -3.70. The molecule has 228 valence electrons. The molecule has 5 heteroatoms. The molecule has 1 amide bonds. The highest BCUT2D eigenvalue weighted by Crippen LogP contribution is 2.48. The van der Waals surface area contributed by atoms with Gasteiger partial charge in [0.25, 0.3) is 5.91 Å². The van der Waals surface area contributed by atoms with Crippen molar-refractivity contribution >= 4 is 23.3 Å². The quantitative estimate of drug-likeness (QED) is 0.212. The van der Waals surface area contributed by atoms with E-state index in [1.54, 1.807) is 18.2 Å². The first-order chi connectivity index (χ1) is 20.3. The lowest BCUT2D eigenvalue weighted by atomic mass is 9.67. The molecule has 0 aliphatic heterocycles. The van der Waals surface area contributed by atoms with Crippen LogP contribution in [0.4, 0.5) is 0 Å². The monoisotopic (exact) mass is 581 g/mol. The Bertz CT molecular complexity index is 1520. The van der Waals surface area contributed by atoms with Gasteiger partial charge in [0, 0.05) is 22.6 Å². The highest BCUT2D eigenvalue weighted by molar-refractivity contribution is 6.01. The minimum Gasteiger partial charge on any atom is -0.485 e. The predicted octanol–water partition coefficient (Wildman–Crippen LogP) is 7.97. The summed E-state index contributed by atoms with van der Waals surface area (Å²) in [5.41, 5.74) is 9.38. The van der Waals surface area contributed by atoms with E-state index in [0.29, 0.717) is 28.9 Å². The van der Waals surface area contributed by atoms with E-state index >= 15 is 0 Å². The number of amides is 1. The minimum absolute atomic E-state index is 0.0255. The van der Waals surface area contributed by atoms with Crippen molar-refractivity contribution in [3.8, 4) is 5.75 Å². The molecule has 3 aromatic carbocycles. The van der Waals surface area contributed by atoms with Crippen molar-refractivity contribution in [2.24, 2.45) is 11.7 Å². The molecule has 0 heterocycles. The lowest BCUT2D eigenvalue weighted by Crippen LogP contribution is -2.49. The predicted molar refractivity (Wildman–Crippen MR) is 175 cm³/mol. The van der Waals surface area contributed by atoms with E-state index in [4.69, 9.17) is 10.5 Å². The molecule has 4 rings (SSSR count). The fourth-order valence-corrected chi connectivity index (χ4v) is 5.97. The molecular weight excluding hydrogens is 534 g/mol. The molecule has 2 atom stereocenters. The van der Waals surface area contributed by atoms with Crippen LogP contribution in [0.25, 0.3) is 11.6 Å². The van der Waals surface area contributed by atoms with Gasteiger partial charge in [0.15, 0.2) is 18.0 Å². The van der Waals surface area contributed by atoms with Gasteiger partial charge >= 0.3 is 0 Å². The molecule has 0 aromatic heterocycles. The maximum Gasteiger partial charge on any atom is 0.254 e. The van der Waals surface area contributed by atoms with Crippen LogP contribution in [0.2, 0.25) is 0 Å². The van der Waals surface area contributed by atoms with Gasteiger partial charge in [-0.2, -0.15) is 0 Å². The summed E-state index contributed by atoms with van der Waals surface area (Å²) in [5, 5.41) is 12.0. The Kier molecular flexibility index (Phi) is 9.36. The first-order valence-electron chi connectivity index (χ1n) is 15.5. The number of nitrogens with two attached hydrogens (primary N) is 1. The number of Topliss-reactive ketones (excluding diaryl/α,β-unsaturated/α-hetero) is 1. The van der Waals surface area contributed by atoms with Gasteiger partial charge in [-0.05, 0) is 64.5 Å². The van der Waals surface area contributed by atoms with E-state index in [0.717, 1.165) is 36.0 Å². The number of primary amides is 1. The van der Waals surface area contributed by atoms with Gasteiger partial charge in [0.1, 0.15) is 5.75 Å². The zero-order chi connectivity index (χ0) is 31.6. The first kappa shape index (κ1) is 32.2. The van der Waals surface area contributed by atoms with Gasteiger partial charge in [-0.25, -0.2) is 0 Å². The number of fused-ring (bicyclic) bond motifs is 1. The fourth-order valence-electron chi connectivity index (χ4n) is 5.97. The summed E-state index contributed by atoms with van der Waals surface area (Å²) in [6.45, 7) is 15.1. The van der Waals surface area contributed by atoms with Gasteiger partial charge < -0.3 is 15.6 Å². The average Bonchev–Trinajstić information content (AvgIpc) is 3.01. The molecule has 0 radical (unpaired) electrons. The smallest absolute Gasteiger partial charge is 0.254 e. The van der Waals surface area contributed by atoms with E-state index in [1.807, 2.05) is 49.4 Å². The normalized spacial score (nSPS) is 18.5. The summed E-state index contributed by atoms with van der Waals surface area (Å²) < 4.78 is 6.21. The Morgan fingerprint density at radius 1 is 0.907 bits per heavy atom. The number of hydrogen-bond donors (Lipinski definition) is 2. The van der Waals surface area contributed by atoms with Gasteiger partial charge in [0.2, 0.25) is 0 Å². The number of ketones is 1. The maximum absolute atomic E-state index is 13.5. The molecule has 43 heavy (non-hydrogen) atoms. The van der Waals surface area contributed by atoms with E-state index in [9.17, 15) is 14.7 Å². The molecule has 3 aromatic rings. The van der Waals surface area contributed by atoms with Crippen LogP contribution >= 0.6 is 0 Å². The van der Waals surface area contributed by atoms with Crippen molar-refractivity contribution in [1.82, 2.24) is 0 Å². The van der Waals surface area contributed by atoms with Crippen LogP contribution in [0.5, 0.6) is 5.75 Å². The highest BCUT2D eigenvalue weighted by Gasteiger charge is 2.49. The molecule has 3 N–H and O–H groups in total. The molecule has 0 fully saturated rings. The number of ether oxygens (including phenoxy) is 1. The van der Waals surface area contributed by atoms with Crippen molar-refractivity contribution in [2.45, 2.75) is 90.6 Å². The lowest BCUT2D eigenvalue weighted by Gasteiger charge is -2.40. The Morgan fingerprint density at radius 2 is 1.58 bits per heavy atom. The molecule has 5 nitrogen and oxygen atoms in total. The second kappa shape index (κ2) is 12.5.